The predicted molar refractivity (Wildman–Crippen MR) is 133 cm³/mol. The first-order valence-electron chi connectivity index (χ1n) is 13.0. The summed E-state index contributed by atoms with van der Waals surface area (Å²) in [6, 6.07) is 12.8. The topological polar surface area (TPSA) is 22.1 Å². The fourth-order valence-corrected chi connectivity index (χ4v) is 4.86. The summed E-state index contributed by atoms with van der Waals surface area (Å²) in [7, 11) is 0. The van der Waals surface area contributed by atoms with Gasteiger partial charge in [-0.3, -0.25) is 4.98 Å². The molecule has 0 unspecified atom stereocenters. The van der Waals surface area contributed by atoms with Crippen molar-refractivity contribution in [1.82, 2.24) is 4.98 Å². The van der Waals surface area contributed by atoms with Gasteiger partial charge in [0.1, 0.15) is 5.75 Å². The Morgan fingerprint density at radius 3 is 2.13 bits per heavy atom. The van der Waals surface area contributed by atoms with Gasteiger partial charge in [-0.2, -0.15) is 0 Å². The van der Waals surface area contributed by atoms with Crippen LogP contribution in [0.2, 0.25) is 0 Å². The van der Waals surface area contributed by atoms with E-state index in [2.05, 4.69) is 56.4 Å². The van der Waals surface area contributed by atoms with Crippen molar-refractivity contribution in [3.8, 4) is 17.0 Å². The summed E-state index contributed by atoms with van der Waals surface area (Å²) in [6.45, 7) is 5.36. The lowest BCUT2D eigenvalue weighted by Crippen LogP contribution is -2.15. The average Bonchev–Trinajstić information content (AvgIpc) is 2.83. The summed E-state index contributed by atoms with van der Waals surface area (Å²) in [5.74, 6) is 2.89. The molecule has 2 aromatic rings. The van der Waals surface area contributed by atoms with E-state index in [-0.39, 0.29) is 0 Å². The van der Waals surface area contributed by atoms with Crippen LogP contribution in [0.25, 0.3) is 11.3 Å². The van der Waals surface area contributed by atoms with Crippen molar-refractivity contribution < 1.29 is 4.74 Å². The molecule has 1 saturated carbocycles. The molecular formula is C29H43NO. The molecule has 170 valence electrons. The zero-order valence-corrected chi connectivity index (χ0v) is 20.0. The van der Waals surface area contributed by atoms with Gasteiger partial charge in [0.15, 0.2) is 0 Å². The molecule has 2 nitrogen and oxygen atoms in total. The highest BCUT2D eigenvalue weighted by Gasteiger charge is 2.20. The number of nitrogens with zero attached hydrogens (tertiary/aromatic N) is 1. The summed E-state index contributed by atoms with van der Waals surface area (Å²) in [6.07, 6.45) is 19.5. The van der Waals surface area contributed by atoms with Gasteiger partial charge in [0, 0.05) is 11.8 Å². The number of benzene rings is 1. The number of pyridine rings is 1. The molecule has 0 amide bonds. The van der Waals surface area contributed by atoms with Crippen molar-refractivity contribution in [3.05, 3.63) is 48.2 Å². The van der Waals surface area contributed by atoms with E-state index in [9.17, 15) is 0 Å². The first kappa shape index (κ1) is 23.8. The standard InChI is InChI=1S/C29H43NO/c1-3-5-7-8-22-31-28-19-17-27(18-20-28)29-21-16-26(23-30-29)15-14-25-12-10-24(11-13-25)9-6-4-2/h16-21,23-25H,3-15,22H2,1-2H3. The monoisotopic (exact) mass is 421 g/mol. The molecule has 0 atom stereocenters. The first-order valence-corrected chi connectivity index (χ1v) is 13.0. The van der Waals surface area contributed by atoms with E-state index in [0.717, 1.165) is 41.9 Å². The van der Waals surface area contributed by atoms with Crippen LogP contribution < -0.4 is 4.74 Å². The molecule has 0 spiro atoms. The van der Waals surface area contributed by atoms with Gasteiger partial charge >= 0.3 is 0 Å². The number of ether oxygens (including phenoxy) is 1. The third-order valence-electron chi connectivity index (χ3n) is 7.01. The lowest BCUT2D eigenvalue weighted by Gasteiger charge is -2.28. The van der Waals surface area contributed by atoms with Crippen LogP contribution in [-0.4, -0.2) is 11.6 Å². The maximum Gasteiger partial charge on any atom is 0.119 e. The van der Waals surface area contributed by atoms with Gasteiger partial charge in [0.25, 0.3) is 0 Å². The molecule has 1 aromatic carbocycles. The van der Waals surface area contributed by atoms with Gasteiger partial charge < -0.3 is 4.74 Å². The minimum Gasteiger partial charge on any atom is -0.494 e. The number of aryl methyl sites for hydroxylation is 1. The summed E-state index contributed by atoms with van der Waals surface area (Å²) < 4.78 is 5.86. The summed E-state index contributed by atoms with van der Waals surface area (Å²) >= 11 is 0. The van der Waals surface area contributed by atoms with E-state index >= 15 is 0 Å². The summed E-state index contributed by atoms with van der Waals surface area (Å²) in [5, 5.41) is 0. The Kier molecular flexibility index (Phi) is 10.4. The Balaban J connectivity index is 1.40. The van der Waals surface area contributed by atoms with E-state index in [1.165, 1.54) is 82.6 Å². The molecule has 0 radical (unpaired) electrons. The Morgan fingerprint density at radius 2 is 1.48 bits per heavy atom. The maximum atomic E-state index is 5.86. The van der Waals surface area contributed by atoms with E-state index < -0.39 is 0 Å². The largest absolute Gasteiger partial charge is 0.494 e. The smallest absolute Gasteiger partial charge is 0.119 e. The van der Waals surface area contributed by atoms with Crippen molar-refractivity contribution in [1.29, 1.82) is 0 Å². The molecule has 0 aliphatic heterocycles. The Morgan fingerprint density at radius 1 is 0.774 bits per heavy atom. The second-order valence-electron chi connectivity index (χ2n) is 9.55. The molecule has 0 bridgehead atoms. The Bertz CT molecular complexity index is 713. The van der Waals surface area contributed by atoms with Crippen LogP contribution in [0.15, 0.2) is 42.6 Å². The van der Waals surface area contributed by atoms with Crippen LogP contribution in [0.4, 0.5) is 0 Å². The normalized spacial score (nSPS) is 18.8. The van der Waals surface area contributed by atoms with Crippen LogP contribution in [0.3, 0.4) is 0 Å². The maximum absolute atomic E-state index is 5.86. The second kappa shape index (κ2) is 13.6. The highest BCUT2D eigenvalue weighted by molar-refractivity contribution is 5.60. The van der Waals surface area contributed by atoms with Crippen LogP contribution in [-0.2, 0) is 6.42 Å². The fraction of sp³-hybridized carbons (Fsp3) is 0.621. The zero-order valence-electron chi connectivity index (χ0n) is 20.0. The molecule has 2 heteroatoms. The van der Waals surface area contributed by atoms with Crippen molar-refractivity contribution in [3.63, 3.8) is 0 Å². The number of hydrogen-bond acceptors (Lipinski definition) is 2. The third-order valence-corrected chi connectivity index (χ3v) is 7.01. The van der Waals surface area contributed by atoms with Crippen molar-refractivity contribution >= 4 is 0 Å². The van der Waals surface area contributed by atoms with Gasteiger partial charge in [-0.25, -0.2) is 0 Å². The van der Waals surface area contributed by atoms with Gasteiger partial charge in [0.05, 0.1) is 12.3 Å². The predicted octanol–water partition coefficient (Wildman–Crippen LogP) is 8.64. The molecular weight excluding hydrogens is 378 g/mol. The van der Waals surface area contributed by atoms with E-state index in [4.69, 9.17) is 9.72 Å². The lowest BCUT2D eigenvalue weighted by atomic mass is 9.78. The highest BCUT2D eigenvalue weighted by atomic mass is 16.5. The van der Waals surface area contributed by atoms with Gasteiger partial charge in [-0.1, -0.05) is 84.1 Å². The molecule has 1 aliphatic rings. The van der Waals surface area contributed by atoms with Gasteiger partial charge in [0.2, 0.25) is 0 Å². The molecule has 0 N–H and O–H groups in total. The number of aromatic nitrogens is 1. The molecule has 3 rings (SSSR count). The van der Waals surface area contributed by atoms with Gasteiger partial charge in [-0.15, -0.1) is 0 Å². The minimum atomic E-state index is 0.812. The summed E-state index contributed by atoms with van der Waals surface area (Å²) in [4.78, 5) is 4.74. The molecule has 0 saturated heterocycles. The van der Waals surface area contributed by atoms with Gasteiger partial charge in [-0.05, 0) is 67.0 Å². The molecule has 1 heterocycles. The van der Waals surface area contributed by atoms with Crippen molar-refractivity contribution in [2.75, 3.05) is 6.61 Å². The first-order chi connectivity index (χ1) is 15.3. The fourth-order valence-electron chi connectivity index (χ4n) is 4.86. The lowest BCUT2D eigenvalue weighted by molar-refractivity contribution is 0.250. The second-order valence-corrected chi connectivity index (χ2v) is 9.55. The SMILES string of the molecule is CCCCCCOc1ccc(-c2ccc(CCC3CCC(CCCC)CC3)cn2)cc1. The molecule has 31 heavy (non-hydrogen) atoms. The van der Waals surface area contributed by atoms with E-state index in [1.54, 1.807) is 0 Å². The minimum absolute atomic E-state index is 0.812. The van der Waals surface area contributed by atoms with Crippen LogP contribution in [0, 0.1) is 11.8 Å². The summed E-state index contributed by atoms with van der Waals surface area (Å²) in [5.41, 5.74) is 3.59. The number of unbranched alkanes of at least 4 members (excludes halogenated alkanes) is 4. The highest BCUT2D eigenvalue weighted by Crippen LogP contribution is 2.34. The number of hydrogen-bond donors (Lipinski definition) is 0. The third kappa shape index (κ3) is 8.31. The van der Waals surface area contributed by atoms with Crippen LogP contribution in [0.5, 0.6) is 5.75 Å². The Labute approximate surface area is 190 Å². The molecule has 1 aromatic heterocycles. The van der Waals surface area contributed by atoms with Crippen LogP contribution in [0.1, 0.15) is 96.5 Å². The van der Waals surface area contributed by atoms with E-state index in [1.807, 2.05) is 0 Å². The molecule has 1 aliphatic carbocycles. The average molecular weight is 422 g/mol. The van der Waals surface area contributed by atoms with Crippen molar-refractivity contribution in [2.45, 2.75) is 97.3 Å². The van der Waals surface area contributed by atoms with Crippen LogP contribution >= 0.6 is 0 Å². The Hall–Kier alpha value is -1.83. The molecule has 1 fully saturated rings. The zero-order chi connectivity index (χ0) is 21.7. The quantitative estimate of drug-likeness (QED) is 0.302. The van der Waals surface area contributed by atoms with E-state index in [0.29, 0.717) is 0 Å². The number of rotatable bonds is 13. The van der Waals surface area contributed by atoms with Crippen molar-refractivity contribution in [2.24, 2.45) is 11.8 Å².